The molecule has 1 fully saturated rings. The van der Waals surface area contributed by atoms with E-state index in [2.05, 4.69) is 15.6 Å². The van der Waals surface area contributed by atoms with Gasteiger partial charge in [0.1, 0.15) is 5.75 Å². The summed E-state index contributed by atoms with van der Waals surface area (Å²) in [7, 11) is 1.63. The highest BCUT2D eigenvalue weighted by Gasteiger charge is 2.21. The van der Waals surface area contributed by atoms with Crippen molar-refractivity contribution >= 4 is 55.9 Å². The second-order valence-electron chi connectivity index (χ2n) is 7.95. The van der Waals surface area contributed by atoms with Crippen molar-refractivity contribution < 1.29 is 14.3 Å². The summed E-state index contributed by atoms with van der Waals surface area (Å²) >= 11 is 2.90. The number of carbonyl (C=O) groups excluding carboxylic acids is 2. The summed E-state index contributed by atoms with van der Waals surface area (Å²) in [5.41, 5.74) is 1.63. The molecule has 168 valence electrons. The number of carbonyl (C=O) groups is 2. The highest BCUT2D eigenvalue weighted by Crippen LogP contribution is 2.31. The molecule has 2 amide bonds. The number of thioether (sulfide) groups is 1. The van der Waals surface area contributed by atoms with E-state index >= 15 is 0 Å². The van der Waals surface area contributed by atoms with Crippen molar-refractivity contribution in [3.8, 4) is 5.75 Å². The third-order valence-corrected chi connectivity index (χ3v) is 7.65. The number of nitrogens with zero attached hydrogens (tertiary/aromatic N) is 1. The number of ether oxygens (including phenoxy) is 1. The predicted molar refractivity (Wildman–Crippen MR) is 132 cm³/mol. The minimum absolute atomic E-state index is 0.101. The van der Waals surface area contributed by atoms with Gasteiger partial charge in [0.2, 0.25) is 11.8 Å². The van der Waals surface area contributed by atoms with Crippen LogP contribution in [0, 0.1) is 5.92 Å². The molecule has 1 unspecified atom stereocenters. The number of anilines is 2. The molecule has 6 nitrogen and oxygen atoms in total. The van der Waals surface area contributed by atoms with Gasteiger partial charge in [0, 0.05) is 16.5 Å². The molecule has 1 saturated carbocycles. The first-order valence-electron chi connectivity index (χ1n) is 10.8. The SMILES string of the molecule is COc1ccc2nc(NC(=O)C(C)Sc3ccc(NC(=O)C4CCCCC4)cc3)sc2c1. The zero-order valence-corrected chi connectivity index (χ0v) is 19.9. The molecule has 1 aliphatic rings. The Balaban J connectivity index is 1.31. The van der Waals surface area contributed by atoms with Gasteiger partial charge in [-0.1, -0.05) is 30.6 Å². The Bertz CT molecular complexity index is 1090. The maximum absolute atomic E-state index is 12.7. The van der Waals surface area contributed by atoms with Crippen LogP contribution in [0.3, 0.4) is 0 Å². The Hall–Kier alpha value is -2.58. The maximum Gasteiger partial charge on any atom is 0.239 e. The first-order valence-corrected chi connectivity index (χ1v) is 12.5. The number of fused-ring (bicyclic) bond motifs is 1. The first-order chi connectivity index (χ1) is 15.5. The molecule has 4 rings (SSSR count). The van der Waals surface area contributed by atoms with Crippen LogP contribution in [-0.4, -0.2) is 29.2 Å². The number of hydrogen-bond acceptors (Lipinski definition) is 6. The molecule has 0 bridgehead atoms. The number of rotatable bonds is 7. The van der Waals surface area contributed by atoms with Gasteiger partial charge in [-0.05, 0) is 62.2 Å². The smallest absolute Gasteiger partial charge is 0.239 e. The van der Waals surface area contributed by atoms with Crippen molar-refractivity contribution in [1.29, 1.82) is 0 Å². The van der Waals surface area contributed by atoms with Gasteiger partial charge < -0.3 is 15.4 Å². The largest absolute Gasteiger partial charge is 0.497 e. The van der Waals surface area contributed by atoms with Gasteiger partial charge in [-0.25, -0.2) is 4.98 Å². The molecule has 0 spiro atoms. The molecule has 32 heavy (non-hydrogen) atoms. The van der Waals surface area contributed by atoms with Crippen molar-refractivity contribution in [2.45, 2.75) is 49.2 Å². The topological polar surface area (TPSA) is 80.3 Å². The van der Waals surface area contributed by atoms with E-state index in [1.807, 2.05) is 49.4 Å². The lowest BCUT2D eigenvalue weighted by atomic mass is 9.88. The van der Waals surface area contributed by atoms with E-state index in [9.17, 15) is 9.59 Å². The summed E-state index contributed by atoms with van der Waals surface area (Å²) in [5.74, 6) is 0.911. The zero-order valence-electron chi connectivity index (χ0n) is 18.2. The van der Waals surface area contributed by atoms with Crippen LogP contribution in [0.2, 0.25) is 0 Å². The number of methoxy groups -OCH3 is 1. The Morgan fingerprint density at radius 3 is 2.56 bits per heavy atom. The minimum Gasteiger partial charge on any atom is -0.497 e. The number of hydrogen-bond donors (Lipinski definition) is 2. The average Bonchev–Trinajstić information content (AvgIpc) is 3.22. The zero-order chi connectivity index (χ0) is 22.5. The number of thiazole rings is 1. The molecular formula is C24H27N3O3S2. The van der Waals surface area contributed by atoms with Crippen molar-refractivity contribution in [2.75, 3.05) is 17.7 Å². The molecule has 3 aromatic rings. The van der Waals surface area contributed by atoms with Gasteiger partial charge in [-0.15, -0.1) is 11.8 Å². The Morgan fingerprint density at radius 1 is 1.09 bits per heavy atom. The molecule has 1 aliphatic carbocycles. The van der Waals surface area contributed by atoms with Crippen LogP contribution >= 0.6 is 23.1 Å². The van der Waals surface area contributed by atoms with Gasteiger partial charge >= 0.3 is 0 Å². The lowest BCUT2D eigenvalue weighted by Crippen LogP contribution is -2.24. The maximum atomic E-state index is 12.7. The Kier molecular flexibility index (Phi) is 7.32. The molecule has 0 aliphatic heterocycles. The standard InChI is InChI=1S/C24H27N3O3S2/c1-15(22(28)27-24-26-20-13-10-18(30-2)14-21(20)32-24)31-19-11-8-17(9-12-19)25-23(29)16-6-4-3-5-7-16/h8-16H,3-7H2,1-2H3,(H,25,29)(H,26,27,28). The Labute approximate surface area is 196 Å². The van der Waals surface area contributed by atoms with Crippen LogP contribution in [0.15, 0.2) is 47.4 Å². The average molecular weight is 470 g/mol. The summed E-state index contributed by atoms with van der Waals surface area (Å²) in [5, 5.41) is 6.22. The number of nitrogens with one attached hydrogen (secondary N) is 2. The van der Waals surface area contributed by atoms with E-state index in [-0.39, 0.29) is 23.0 Å². The third kappa shape index (κ3) is 5.61. The second kappa shape index (κ2) is 10.4. The van der Waals surface area contributed by atoms with Crippen LogP contribution < -0.4 is 15.4 Å². The molecule has 0 radical (unpaired) electrons. The van der Waals surface area contributed by atoms with E-state index in [1.54, 1.807) is 7.11 Å². The first kappa shape index (κ1) is 22.6. The lowest BCUT2D eigenvalue weighted by molar-refractivity contribution is -0.120. The molecule has 1 heterocycles. The molecule has 2 aromatic carbocycles. The van der Waals surface area contributed by atoms with E-state index < -0.39 is 0 Å². The normalized spacial score (nSPS) is 15.3. The van der Waals surface area contributed by atoms with Crippen molar-refractivity contribution in [3.05, 3.63) is 42.5 Å². The molecular weight excluding hydrogens is 442 g/mol. The summed E-state index contributed by atoms with van der Waals surface area (Å²) in [6.07, 6.45) is 5.47. The van der Waals surface area contributed by atoms with Gasteiger partial charge in [-0.3, -0.25) is 9.59 Å². The summed E-state index contributed by atoms with van der Waals surface area (Å²) in [6.45, 7) is 1.87. The van der Waals surface area contributed by atoms with Gasteiger partial charge in [0.15, 0.2) is 5.13 Å². The summed E-state index contributed by atoms with van der Waals surface area (Å²) < 4.78 is 6.21. The second-order valence-corrected chi connectivity index (χ2v) is 10.4. The number of amides is 2. The molecule has 1 atom stereocenters. The number of benzene rings is 2. The number of aromatic nitrogens is 1. The van der Waals surface area contributed by atoms with Crippen molar-refractivity contribution in [3.63, 3.8) is 0 Å². The van der Waals surface area contributed by atoms with E-state index in [0.29, 0.717) is 5.13 Å². The van der Waals surface area contributed by atoms with Crippen LogP contribution in [0.5, 0.6) is 5.75 Å². The van der Waals surface area contributed by atoms with Gasteiger partial charge in [0.25, 0.3) is 0 Å². The fraction of sp³-hybridized carbons (Fsp3) is 0.375. The molecule has 2 N–H and O–H groups in total. The Morgan fingerprint density at radius 2 is 1.84 bits per heavy atom. The molecule has 0 saturated heterocycles. The third-order valence-electron chi connectivity index (χ3n) is 5.61. The van der Waals surface area contributed by atoms with Crippen LogP contribution in [0.1, 0.15) is 39.0 Å². The quantitative estimate of drug-likeness (QED) is 0.418. The molecule has 8 heteroatoms. The fourth-order valence-corrected chi connectivity index (χ4v) is 5.54. The van der Waals surface area contributed by atoms with Crippen LogP contribution in [-0.2, 0) is 9.59 Å². The highest BCUT2D eigenvalue weighted by atomic mass is 32.2. The minimum atomic E-state index is -0.292. The highest BCUT2D eigenvalue weighted by molar-refractivity contribution is 8.00. The van der Waals surface area contributed by atoms with Gasteiger partial charge in [-0.2, -0.15) is 0 Å². The van der Waals surface area contributed by atoms with Crippen molar-refractivity contribution in [1.82, 2.24) is 4.98 Å². The van der Waals surface area contributed by atoms with Crippen molar-refractivity contribution in [2.24, 2.45) is 5.92 Å². The van der Waals surface area contributed by atoms with E-state index in [4.69, 9.17) is 4.74 Å². The van der Waals surface area contributed by atoms with Crippen LogP contribution in [0.25, 0.3) is 10.2 Å². The fourth-order valence-electron chi connectivity index (χ4n) is 3.78. The summed E-state index contributed by atoms with van der Waals surface area (Å²) in [4.78, 5) is 30.5. The monoisotopic (exact) mass is 469 g/mol. The lowest BCUT2D eigenvalue weighted by Gasteiger charge is -2.20. The van der Waals surface area contributed by atoms with E-state index in [0.717, 1.165) is 52.2 Å². The van der Waals surface area contributed by atoms with Crippen LogP contribution in [0.4, 0.5) is 10.8 Å². The van der Waals surface area contributed by atoms with E-state index in [1.165, 1.54) is 29.5 Å². The molecule has 1 aromatic heterocycles. The van der Waals surface area contributed by atoms with Gasteiger partial charge in [0.05, 0.1) is 22.6 Å². The summed E-state index contributed by atoms with van der Waals surface area (Å²) in [6, 6.07) is 13.3. The predicted octanol–water partition coefficient (Wildman–Crippen LogP) is 5.94.